The maximum atomic E-state index is 5.81. The molecule has 0 aromatic carbocycles. The largest absolute Gasteiger partial charge is 0.378 e. The minimum atomic E-state index is 0.441. The van der Waals surface area contributed by atoms with Crippen LogP contribution in [0, 0.1) is 17.3 Å². The van der Waals surface area contributed by atoms with Gasteiger partial charge in [-0.25, -0.2) is 0 Å². The van der Waals surface area contributed by atoms with Gasteiger partial charge in [0.1, 0.15) is 0 Å². The van der Waals surface area contributed by atoms with Crippen molar-refractivity contribution in [1.82, 2.24) is 0 Å². The van der Waals surface area contributed by atoms with Gasteiger partial charge in [0.2, 0.25) is 0 Å². The Hall–Kier alpha value is -0.0800. The standard InChI is InChI=1S/C11H21NO/c1-11(2)8(7-12)10(11)9-5-3-4-6-13-9/h8-10H,3-7,12H2,1-2H3/t8-,9?,10+/m1/s1. The highest BCUT2D eigenvalue weighted by Crippen LogP contribution is 2.60. The van der Waals surface area contributed by atoms with Gasteiger partial charge in [-0.1, -0.05) is 13.8 Å². The lowest BCUT2D eigenvalue weighted by Crippen LogP contribution is -2.23. The maximum absolute atomic E-state index is 5.81. The number of nitrogens with two attached hydrogens (primary N) is 1. The molecule has 76 valence electrons. The van der Waals surface area contributed by atoms with E-state index >= 15 is 0 Å². The van der Waals surface area contributed by atoms with Crippen molar-refractivity contribution in [1.29, 1.82) is 0 Å². The van der Waals surface area contributed by atoms with Gasteiger partial charge in [-0.2, -0.15) is 0 Å². The van der Waals surface area contributed by atoms with Crippen molar-refractivity contribution >= 4 is 0 Å². The smallest absolute Gasteiger partial charge is 0.0611 e. The van der Waals surface area contributed by atoms with Crippen molar-refractivity contribution in [2.24, 2.45) is 23.0 Å². The summed E-state index contributed by atoms with van der Waals surface area (Å²) in [6, 6.07) is 0. The molecule has 1 unspecified atom stereocenters. The highest BCUT2D eigenvalue weighted by Gasteiger charge is 2.60. The molecular formula is C11H21NO. The molecule has 2 rings (SSSR count). The molecule has 0 spiro atoms. The summed E-state index contributed by atoms with van der Waals surface area (Å²) in [5, 5.41) is 0. The number of hydrogen-bond acceptors (Lipinski definition) is 2. The molecule has 0 aromatic rings. The number of ether oxygens (including phenoxy) is 1. The Labute approximate surface area is 80.8 Å². The molecule has 2 N–H and O–H groups in total. The van der Waals surface area contributed by atoms with E-state index in [0.29, 0.717) is 17.4 Å². The summed E-state index contributed by atoms with van der Waals surface area (Å²) in [6.45, 7) is 6.45. The van der Waals surface area contributed by atoms with Crippen molar-refractivity contribution < 1.29 is 4.74 Å². The third kappa shape index (κ3) is 1.50. The van der Waals surface area contributed by atoms with Crippen molar-refractivity contribution in [2.75, 3.05) is 13.2 Å². The zero-order valence-corrected chi connectivity index (χ0v) is 8.75. The summed E-state index contributed by atoms with van der Waals surface area (Å²) in [4.78, 5) is 0. The van der Waals surface area contributed by atoms with E-state index in [1.54, 1.807) is 0 Å². The maximum Gasteiger partial charge on any atom is 0.0611 e. The minimum Gasteiger partial charge on any atom is -0.378 e. The summed E-state index contributed by atoms with van der Waals surface area (Å²) < 4.78 is 5.81. The lowest BCUT2D eigenvalue weighted by Gasteiger charge is -2.23. The van der Waals surface area contributed by atoms with E-state index in [1.165, 1.54) is 19.3 Å². The molecule has 2 fully saturated rings. The van der Waals surface area contributed by atoms with Gasteiger partial charge in [0.15, 0.2) is 0 Å². The fraction of sp³-hybridized carbons (Fsp3) is 1.00. The molecule has 2 nitrogen and oxygen atoms in total. The molecule has 2 heteroatoms. The third-order valence-corrected chi connectivity index (χ3v) is 4.01. The second kappa shape index (κ2) is 3.25. The highest BCUT2D eigenvalue weighted by molar-refractivity contribution is 5.08. The predicted molar refractivity (Wildman–Crippen MR) is 53.4 cm³/mol. The van der Waals surface area contributed by atoms with Gasteiger partial charge in [0, 0.05) is 6.61 Å². The summed E-state index contributed by atoms with van der Waals surface area (Å²) >= 11 is 0. The molecule has 0 bridgehead atoms. The zero-order chi connectivity index (χ0) is 9.47. The topological polar surface area (TPSA) is 35.2 Å². The Morgan fingerprint density at radius 3 is 2.62 bits per heavy atom. The Morgan fingerprint density at radius 1 is 1.38 bits per heavy atom. The van der Waals surface area contributed by atoms with E-state index in [0.717, 1.165) is 19.1 Å². The van der Waals surface area contributed by atoms with Crippen LogP contribution in [0.15, 0.2) is 0 Å². The second-order valence-corrected chi connectivity index (χ2v) is 5.09. The SMILES string of the molecule is CC1(C)[C@H](CN)[C@H]1C1CCCCO1. The molecule has 0 aromatic heterocycles. The van der Waals surface area contributed by atoms with Crippen LogP contribution in [0.2, 0.25) is 0 Å². The Morgan fingerprint density at radius 2 is 2.15 bits per heavy atom. The van der Waals surface area contributed by atoms with Crippen LogP contribution in [-0.2, 0) is 4.74 Å². The first-order chi connectivity index (χ1) is 6.18. The Kier molecular flexibility index (Phi) is 2.37. The summed E-state index contributed by atoms with van der Waals surface area (Å²) in [6.07, 6.45) is 4.35. The predicted octanol–water partition coefficient (Wildman–Crippen LogP) is 1.79. The fourth-order valence-electron chi connectivity index (χ4n) is 3.02. The second-order valence-electron chi connectivity index (χ2n) is 5.09. The Bertz CT molecular complexity index is 185. The molecule has 1 saturated heterocycles. The molecule has 2 aliphatic rings. The van der Waals surface area contributed by atoms with Crippen molar-refractivity contribution in [2.45, 2.75) is 39.2 Å². The van der Waals surface area contributed by atoms with E-state index in [2.05, 4.69) is 13.8 Å². The van der Waals surface area contributed by atoms with Gasteiger partial charge < -0.3 is 10.5 Å². The molecular weight excluding hydrogens is 162 g/mol. The van der Waals surface area contributed by atoms with E-state index < -0.39 is 0 Å². The highest BCUT2D eigenvalue weighted by atomic mass is 16.5. The summed E-state index contributed by atoms with van der Waals surface area (Å²) in [5.41, 5.74) is 6.19. The lowest BCUT2D eigenvalue weighted by atomic mass is 10.00. The number of hydrogen-bond donors (Lipinski definition) is 1. The third-order valence-electron chi connectivity index (χ3n) is 4.01. The zero-order valence-electron chi connectivity index (χ0n) is 8.75. The first-order valence-corrected chi connectivity index (χ1v) is 5.49. The van der Waals surface area contributed by atoms with E-state index in [4.69, 9.17) is 10.5 Å². The molecule has 1 aliphatic carbocycles. The van der Waals surface area contributed by atoms with E-state index in [1.807, 2.05) is 0 Å². The molecule has 0 radical (unpaired) electrons. The number of rotatable bonds is 2. The van der Waals surface area contributed by atoms with Gasteiger partial charge in [0.25, 0.3) is 0 Å². The first kappa shape index (κ1) is 9.47. The average Bonchev–Trinajstić information content (AvgIpc) is 2.69. The summed E-state index contributed by atoms with van der Waals surface area (Å²) in [5.74, 6) is 1.44. The van der Waals surface area contributed by atoms with Crippen molar-refractivity contribution in [3.8, 4) is 0 Å². The van der Waals surface area contributed by atoms with Gasteiger partial charge in [-0.05, 0) is 43.1 Å². The average molecular weight is 183 g/mol. The first-order valence-electron chi connectivity index (χ1n) is 5.49. The normalized spacial score (nSPS) is 43.2. The summed E-state index contributed by atoms with van der Waals surface area (Å²) in [7, 11) is 0. The van der Waals surface area contributed by atoms with Crippen LogP contribution in [0.1, 0.15) is 33.1 Å². The van der Waals surface area contributed by atoms with Gasteiger partial charge in [0.05, 0.1) is 6.10 Å². The quantitative estimate of drug-likeness (QED) is 0.708. The van der Waals surface area contributed by atoms with Gasteiger partial charge in [-0.3, -0.25) is 0 Å². The molecule has 1 saturated carbocycles. The van der Waals surface area contributed by atoms with Gasteiger partial charge >= 0.3 is 0 Å². The van der Waals surface area contributed by atoms with Crippen LogP contribution in [0.25, 0.3) is 0 Å². The van der Waals surface area contributed by atoms with Crippen LogP contribution >= 0.6 is 0 Å². The van der Waals surface area contributed by atoms with E-state index in [9.17, 15) is 0 Å². The van der Waals surface area contributed by atoms with Crippen molar-refractivity contribution in [3.05, 3.63) is 0 Å². The Balaban J connectivity index is 1.94. The fourth-order valence-corrected chi connectivity index (χ4v) is 3.02. The molecule has 1 aliphatic heterocycles. The van der Waals surface area contributed by atoms with Gasteiger partial charge in [-0.15, -0.1) is 0 Å². The van der Waals surface area contributed by atoms with Crippen molar-refractivity contribution in [3.63, 3.8) is 0 Å². The lowest BCUT2D eigenvalue weighted by molar-refractivity contribution is -0.00616. The van der Waals surface area contributed by atoms with Crippen LogP contribution in [-0.4, -0.2) is 19.3 Å². The monoisotopic (exact) mass is 183 g/mol. The van der Waals surface area contributed by atoms with Crippen LogP contribution in [0.5, 0.6) is 0 Å². The minimum absolute atomic E-state index is 0.441. The van der Waals surface area contributed by atoms with Crippen LogP contribution in [0.4, 0.5) is 0 Å². The molecule has 13 heavy (non-hydrogen) atoms. The van der Waals surface area contributed by atoms with Crippen LogP contribution in [0.3, 0.4) is 0 Å². The molecule has 3 atom stereocenters. The van der Waals surface area contributed by atoms with E-state index in [-0.39, 0.29) is 0 Å². The van der Waals surface area contributed by atoms with Crippen LogP contribution < -0.4 is 5.73 Å². The molecule has 1 heterocycles. The molecule has 0 amide bonds.